The summed E-state index contributed by atoms with van der Waals surface area (Å²) >= 11 is 0.0129. The Morgan fingerprint density at radius 1 is 1.15 bits per heavy atom. The van der Waals surface area contributed by atoms with Gasteiger partial charge in [0.15, 0.2) is 0 Å². The third-order valence-corrected chi connectivity index (χ3v) is 8.37. The zero-order chi connectivity index (χ0) is 19.4. The Balaban J connectivity index is 1.62. The van der Waals surface area contributed by atoms with E-state index in [2.05, 4.69) is 31.3 Å². The minimum atomic E-state index is -0.557. The maximum absolute atomic E-state index is 10.6. The summed E-state index contributed by atoms with van der Waals surface area (Å²) in [6.45, 7) is 4.45. The number of fused-ring (bicyclic) bond motifs is 1. The Kier molecular flexibility index (Phi) is 6.62. The van der Waals surface area contributed by atoms with E-state index in [0.29, 0.717) is 16.8 Å². The molecule has 2 aromatic carbocycles. The summed E-state index contributed by atoms with van der Waals surface area (Å²) in [4.78, 5) is 10.6. The van der Waals surface area contributed by atoms with Crippen molar-refractivity contribution in [1.82, 2.24) is 0 Å². The van der Waals surface area contributed by atoms with Crippen molar-refractivity contribution < 1.29 is 15.0 Å². The number of amides is 1. The summed E-state index contributed by atoms with van der Waals surface area (Å²) < 4.78 is 0.660. The standard InChI is InChI=1S/C22H27AsNO3/c1-3-14-7-17-9-19(10-18(17)8-15(14)4-2)23-12-22(27)16-5-6-21(26)20(11-16)24-13-25/h5-8,11,13,19,22,26-27H,3-4,9-10,12H2,1-2H3,(H,24,25)/t22-/m0/s1. The summed E-state index contributed by atoms with van der Waals surface area (Å²) in [5, 5.41) is 23.5. The predicted octanol–water partition coefficient (Wildman–Crippen LogP) is 3.83. The molecule has 0 aromatic heterocycles. The van der Waals surface area contributed by atoms with Crippen LogP contribution in [0.25, 0.3) is 0 Å². The van der Waals surface area contributed by atoms with E-state index in [1.165, 1.54) is 28.3 Å². The molecule has 0 spiro atoms. The normalized spacial score (nSPS) is 15.2. The minimum absolute atomic E-state index is 0.0102. The number of aryl methyl sites for hydroxylation is 2. The van der Waals surface area contributed by atoms with Gasteiger partial charge >= 0.3 is 168 Å². The molecule has 0 aliphatic heterocycles. The molecule has 3 rings (SSSR count). The van der Waals surface area contributed by atoms with Crippen LogP contribution in [0.2, 0.25) is 9.91 Å². The van der Waals surface area contributed by atoms with E-state index in [4.69, 9.17) is 0 Å². The van der Waals surface area contributed by atoms with Gasteiger partial charge in [0.2, 0.25) is 0 Å². The van der Waals surface area contributed by atoms with Gasteiger partial charge in [-0.1, -0.05) is 0 Å². The van der Waals surface area contributed by atoms with Crippen LogP contribution in [0.1, 0.15) is 47.8 Å². The molecule has 1 aliphatic rings. The number of hydrogen-bond acceptors (Lipinski definition) is 3. The Bertz CT molecular complexity index is 788. The number of aromatic hydroxyl groups is 1. The van der Waals surface area contributed by atoms with Gasteiger partial charge in [-0.15, -0.1) is 0 Å². The van der Waals surface area contributed by atoms with Gasteiger partial charge in [-0.2, -0.15) is 0 Å². The van der Waals surface area contributed by atoms with E-state index in [9.17, 15) is 15.0 Å². The third kappa shape index (κ3) is 4.56. The Hall–Kier alpha value is -1.77. The van der Waals surface area contributed by atoms with Crippen LogP contribution in [0.5, 0.6) is 5.75 Å². The van der Waals surface area contributed by atoms with Gasteiger partial charge in [-0.05, 0) is 0 Å². The van der Waals surface area contributed by atoms with Crippen molar-refractivity contribution in [2.75, 3.05) is 5.32 Å². The molecule has 1 atom stereocenters. The average molecular weight is 428 g/mol. The molecule has 0 unspecified atom stereocenters. The second kappa shape index (κ2) is 8.95. The van der Waals surface area contributed by atoms with Gasteiger partial charge in [0.25, 0.3) is 0 Å². The Labute approximate surface area is 167 Å². The topological polar surface area (TPSA) is 69.6 Å². The fourth-order valence-electron chi connectivity index (χ4n) is 3.83. The molecule has 143 valence electrons. The predicted molar refractivity (Wildman–Crippen MR) is 110 cm³/mol. The maximum atomic E-state index is 10.6. The number of anilines is 1. The number of carbonyl (C=O) groups excluding carboxylic acids is 1. The molecular weight excluding hydrogens is 401 g/mol. The molecule has 0 saturated heterocycles. The summed E-state index contributed by atoms with van der Waals surface area (Å²) in [5.41, 5.74) is 7.04. The van der Waals surface area contributed by atoms with Crippen molar-refractivity contribution >= 4 is 27.8 Å². The van der Waals surface area contributed by atoms with Crippen LogP contribution in [-0.2, 0) is 30.5 Å². The van der Waals surface area contributed by atoms with Gasteiger partial charge in [-0.3, -0.25) is 0 Å². The van der Waals surface area contributed by atoms with Crippen molar-refractivity contribution in [2.24, 2.45) is 0 Å². The molecule has 0 bridgehead atoms. The molecule has 4 nitrogen and oxygen atoms in total. The first-order chi connectivity index (χ1) is 13.0. The fourth-order valence-corrected chi connectivity index (χ4v) is 6.69. The number of hydrogen-bond donors (Lipinski definition) is 3. The number of aliphatic hydroxyl groups excluding tert-OH is 1. The zero-order valence-corrected chi connectivity index (χ0v) is 17.8. The third-order valence-electron chi connectivity index (χ3n) is 5.35. The van der Waals surface area contributed by atoms with Crippen molar-refractivity contribution in [3.8, 4) is 5.75 Å². The first kappa shape index (κ1) is 20.0. The number of phenolic OH excluding ortho intramolecular Hbond substituents is 1. The number of phenols is 1. The molecule has 0 heterocycles. The number of carbonyl (C=O) groups is 1. The summed E-state index contributed by atoms with van der Waals surface area (Å²) in [7, 11) is 0. The average Bonchev–Trinajstić information content (AvgIpc) is 3.08. The zero-order valence-electron chi connectivity index (χ0n) is 15.9. The van der Waals surface area contributed by atoms with Crippen molar-refractivity contribution in [2.45, 2.75) is 55.5 Å². The van der Waals surface area contributed by atoms with Crippen molar-refractivity contribution in [3.05, 3.63) is 58.1 Å². The number of nitrogens with one attached hydrogen (secondary N) is 1. The molecular formula is C22H27AsNO3. The van der Waals surface area contributed by atoms with Crippen LogP contribution in [0.15, 0.2) is 30.3 Å². The molecule has 2 aromatic rings. The van der Waals surface area contributed by atoms with Crippen molar-refractivity contribution in [3.63, 3.8) is 0 Å². The van der Waals surface area contributed by atoms with E-state index in [1.807, 2.05) is 0 Å². The quantitative estimate of drug-likeness (QED) is 0.340. The molecule has 0 saturated carbocycles. The van der Waals surface area contributed by atoms with Crippen LogP contribution in [0.3, 0.4) is 0 Å². The van der Waals surface area contributed by atoms with Gasteiger partial charge in [0.1, 0.15) is 0 Å². The van der Waals surface area contributed by atoms with Gasteiger partial charge in [0, 0.05) is 0 Å². The molecule has 27 heavy (non-hydrogen) atoms. The monoisotopic (exact) mass is 428 g/mol. The van der Waals surface area contributed by atoms with Crippen LogP contribution in [-0.4, -0.2) is 32.4 Å². The molecule has 0 fully saturated rings. The molecule has 1 aliphatic carbocycles. The van der Waals surface area contributed by atoms with E-state index in [0.717, 1.165) is 36.5 Å². The first-order valence-corrected chi connectivity index (χ1v) is 12.0. The molecule has 1 amide bonds. The number of aliphatic hydroxyl groups is 1. The molecule has 3 N–H and O–H groups in total. The van der Waals surface area contributed by atoms with E-state index < -0.39 is 6.10 Å². The van der Waals surface area contributed by atoms with E-state index >= 15 is 0 Å². The fraction of sp³-hybridized carbons (Fsp3) is 0.409. The summed E-state index contributed by atoms with van der Waals surface area (Å²) in [6, 6.07) is 9.71. The second-order valence-electron chi connectivity index (χ2n) is 7.08. The Morgan fingerprint density at radius 3 is 2.33 bits per heavy atom. The van der Waals surface area contributed by atoms with Crippen LogP contribution in [0.4, 0.5) is 5.69 Å². The van der Waals surface area contributed by atoms with Crippen LogP contribution < -0.4 is 5.32 Å². The van der Waals surface area contributed by atoms with Crippen LogP contribution in [0, 0.1) is 0 Å². The summed E-state index contributed by atoms with van der Waals surface area (Å²) in [5.74, 6) is 0.0102. The first-order valence-electron chi connectivity index (χ1n) is 9.57. The van der Waals surface area contributed by atoms with Gasteiger partial charge in [0.05, 0.1) is 0 Å². The van der Waals surface area contributed by atoms with E-state index in [-0.39, 0.29) is 21.5 Å². The van der Waals surface area contributed by atoms with Crippen molar-refractivity contribution in [1.29, 1.82) is 0 Å². The van der Waals surface area contributed by atoms with Crippen LogP contribution >= 0.6 is 0 Å². The number of rotatable bonds is 8. The molecule has 1 radical (unpaired) electrons. The van der Waals surface area contributed by atoms with Gasteiger partial charge < -0.3 is 0 Å². The molecule has 5 heteroatoms. The van der Waals surface area contributed by atoms with Gasteiger partial charge in [-0.25, -0.2) is 0 Å². The van der Waals surface area contributed by atoms with E-state index in [1.54, 1.807) is 12.1 Å². The SMILES string of the molecule is CCc1cc2c(cc1CC)CC([As]C[C@H](O)c1ccc(O)c(NC=O)c1)C2. The second-order valence-corrected chi connectivity index (χ2v) is 10.1. The summed E-state index contributed by atoms with van der Waals surface area (Å²) in [6.07, 6.45) is 4.41. The Morgan fingerprint density at radius 2 is 1.78 bits per heavy atom. The number of benzene rings is 2.